The van der Waals surface area contributed by atoms with Crippen LogP contribution < -0.4 is 0 Å². The van der Waals surface area contributed by atoms with Crippen molar-refractivity contribution in [1.82, 2.24) is 4.90 Å². The Balaban J connectivity index is 1.85. The second-order valence-electron chi connectivity index (χ2n) is 5.49. The topological polar surface area (TPSA) is 46.6 Å². The van der Waals surface area contributed by atoms with Crippen LogP contribution in [0.2, 0.25) is 0 Å². The molecule has 1 aromatic carbocycles. The average Bonchev–Trinajstić information content (AvgIpc) is 2.50. The number of carbonyl (C=O) groups excluding carboxylic acids is 2. The average molecular weight is 289 g/mol. The fraction of sp³-hybridized carbons (Fsp3) is 0.529. The number of ketones is 1. The van der Waals surface area contributed by atoms with E-state index in [4.69, 9.17) is 4.74 Å². The van der Waals surface area contributed by atoms with Gasteiger partial charge in [-0.05, 0) is 24.8 Å². The molecule has 1 heterocycles. The van der Waals surface area contributed by atoms with Gasteiger partial charge in [0.2, 0.25) is 0 Å². The number of Topliss-reactive ketones (excluding diaryl/α,β-unsaturated/α-hetero) is 1. The molecule has 0 saturated carbocycles. The number of nitrogens with zero attached hydrogens (tertiary/aromatic N) is 1. The van der Waals surface area contributed by atoms with Gasteiger partial charge in [0.05, 0.1) is 0 Å². The minimum atomic E-state index is -0.275. The van der Waals surface area contributed by atoms with Crippen LogP contribution in [0.25, 0.3) is 0 Å². The Morgan fingerprint density at radius 3 is 2.76 bits per heavy atom. The molecule has 1 unspecified atom stereocenters. The van der Waals surface area contributed by atoms with E-state index in [2.05, 4.69) is 0 Å². The number of hydrogen-bond acceptors (Lipinski definition) is 3. The summed E-state index contributed by atoms with van der Waals surface area (Å²) in [7, 11) is 0. The van der Waals surface area contributed by atoms with Crippen molar-refractivity contribution in [3.8, 4) is 0 Å². The third-order valence-corrected chi connectivity index (χ3v) is 4.01. The Morgan fingerprint density at radius 2 is 2.05 bits per heavy atom. The van der Waals surface area contributed by atoms with Gasteiger partial charge in [0.25, 0.3) is 0 Å². The molecule has 114 valence electrons. The zero-order chi connectivity index (χ0) is 15.1. The van der Waals surface area contributed by atoms with Crippen molar-refractivity contribution >= 4 is 11.9 Å². The van der Waals surface area contributed by atoms with E-state index >= 15 is 0 Å². The van der Waals surface area contributed by atoms with E-state index in [1.54, 1.807) is 4.90 Å². The summed E-state index contributed by atoms with van der Waals surface area (Å²) in [5.74, 6) is 0.435. The molecule has 2 rings (SSSR count). The van der Waals surface area contributed by atoms with E-state index in [-0.39, 0.29) is 12.0 Å². The zero-order valence-electron chi connectivity index (χ0n) is 12.6. The highest BCUT2D eigenvalue weighted by molar-refractivity contribution is 5.81. The normalized spacial score (nSPS) is 19.8. The first-order valence-electron chi connectivity index (χ1n) is 7.69. The molecule has 0 aliphatic carbocycles. The van der Waals surface area contributed by atoms with E-state index in [9.17, 15) is 9.59 Å². The van der Waals surface area contributed by atoms with Crippen LogP contribution in [-0.4, -0.2) is 29.9 Å². The molecule has 0 radical (unpaired) electrons. The van der Waals surface area contributed by atoms with Gasteiger partial charge in [-0.2, -0.15) is 0 Å². The summed E-state index contributed by atoms with van der Waals surface area (Å²) >= 11 is 0. The number of likely N-dealkylation sites (tertiary alicyclic amines) is 1. The minimum Gasteiger partial charge on any atom is -0.445 e. The first-order chi connectivity index (χ1) is 10.2. The SMILES string of the molecule is CCC1CCN(C(=O)OCc2ccccc2)CCCC1=O. The summed E-state index contributed by atoms with van der Waals surface area (Å²) in [6.07, 6.45) is 2.63. The monoisotopic (exact) mass is 289 g/mol. The van der Waals surface area contributed by atoms with E-state index in [0.29, 0.717) is 31.9 Å². The van der Waals surface area contributed by atoms with Crippen molar-refractivity contribution < 1.29 is 14.3 Å². The molecule has 0 bridgehead atoms. The fourth-order valence-corrected chi connectivity index (χ4v) is 2.66. The van der Waals surface area contributed by atoms with Gasteiger partial charge in [0, 0.05) is 25.4 Å². The van der Waals surface area contributed by atoms with Crippen molar-refractivity contribution in [2.75, 3.05) is 13.1 Å². The largest absolute Gasteiger partial charge is 0.445 e. The highest BCUT2D eigenvalue weighted by Crippen LogP contribution is 2.18. The van der Waals surface area contributed by atoms with Gasteiger partial charge in [-0.25, -0.2) is 4.79 Å². The first-order valence-corrected chi connectivity index (χ1v) is 7.69. The standard InChI is InChI=1S/C17H23NO3/c1-2-15-10-12-18(11-6-9-16(15)19)17(20)21-13-14-7-4-3-5-8-14/h3-5,7-8,15H,2,6,9-13H2,1H3. The zero-order valence-corrected chi connectivity index (χ0v) is 12.6. The molecule has 1 aliphatic rings. The number of benzene rings is 1. The van der Waals surface area contributed by atoms with Crippen LogP contribution in [0.4, 0.5) is 4.79 Å². The van der Waals surface area contributed by atoms with Gasteiger partial charge < -0.3 is 9.64 Å². The van der Waals surface area contributed by atoms with Crippen molar-refractivity contribution in [2.24, 2.45) is 5.92 Å². The Kier molecular flexibility index (Phi) is 5.78. The molecule has 4 nitrogen and oxygen atoms in total. The molecule has 1 atom stereocenters. The van der Waals surface area contributed by atoms with Crippen LogP contribution in [0.3, 0.4) is 0 Å². The van der Waals surface area contributed by atoms with Crippen molar-refractivity contribution in [3.05, 3.63) is 35.9 Å². The van der Waals surface area contributed by atoms with E-state index in [0.717, 1.165) is 24.8 Å². The van der Waals surface area contributed by atoms with Crippen molar-refractivity contribution in [2.45, 2.75) is 39.2 Å². The summed E-state index contributed by atoms with van der Waals surface area (Å²) in [4.78, 5) is 25.7. The third-order valence-electron chi connectivity index (χ3n) is 4.01. The molecule has 4 heteroatoms. The lowest BCUT2D eigenvalue weighted by Crippen LogP contribution is -2.37. The maximum atomic E-state index is 12.1. The fourth-order valence-electron chi connectivity index (χ4n) is 2.66. The van der Waals surface area contributed by atoms with Crippen molar-refractivity contribution in [1.29, 1.82) is 0 Å². The molecule has 0 N–H and O–H groups in total. The summed E-state index contributed by atoms with van der Waals surface area (Å²) in [6, 6.07) is 9.66. The molecule has 0 spiro atoms. The molecule has 0 aromatic heterocycles. The molecule has 1 aliphatic heterocycles. The Bertz CT molecular complexity index is 472. The van der Waals surface area contributed by atoms with Gasteiger partial charge >= 0.3 is 6.09 Å². The van der Waals surface area contributed by atoms with Crippen LogP contribution in [0.15, 0.2) is 30.3 Å². The molecule has 1 amide bonds. The predicted molar refractivity (Wildman–Crippen MR) is 80.8 cm³/mol. The molecule has 1 fully saturated rings. The number of amides is 1. The van der Waals surface area contributed by atoms with E-state index < -0.39 is 0 Å². The van der Waals surface area contributed by atoms with Gasteiger partial charge in [-0.1, -0.05) is 37.3 Å². The predicted octanol–water partition coefficient (Wildman–Crippen LogP) is 3.40. The van der Waals surface area contributed by atoms with Crippen LogP contribution in [0.1, 0.15) is 38.2 Å². The van der Waals surface area contributed by atoms with Gasteiger partial charge in [0.1, 0.15) is 12.4 Å². The quantitative estimate of drug-likeness (QED) is 0.856. The van der Waals surface area contributed by atoms with E-state index in [1.165, 1.54) is 0 Å². The van der Waals surface area contributed by atoms with Crippen LogP contribution in [-0.2, 0) is 16.1 Å². The summed E-state index contributed by atoms with van der Waals surface area (Å²) in [5, 5.41) is 0. The Labute approximate surface area is 126 Å². The smallest absolute Gasteiger partial charge is 0.410 e. The maximum Gasteiger partial charge on any atom is 0.410 e. The lowest BCUT2D eigenvalue weighted by Gasteiger charge is -2.26. The molecule has 21 heavy (non-hydrogen) atoms. The summed E-state index contributed by atoms with van der Waals surface area (Å²) < 4.78 is 5.36. The van der Waals surface area contributed by atoms with Crippen molar-refractivity contribution in [3.63, 3.8) is 0 Å². The molecular weight excluding hydrogens is 266 g/mol. The molecular formula is C17H23NO3. The lowest BCUT2D eigenvalue weighted by molar-refractivity contribution is -0.123. The number of hydrogen-bond donors (Lipinski definition) is 0. The highest BCUT2D eigenvalue weighted by Gasteiger charge is 2.23. The van der Waals surface area contributed by atoms with Gasteiger partial charge in [0.15, 0.2) is 0 Å². The highest BCUT2D eigenvalue weighted by atomic mass is 16.6. The van der Waals surface area contributed by atoms with E-state index in [1.807, 2.05) is 37.3 Å². The van der Waals surface area contributed by atoms with Gasteiger partial charge in [-0.15, -0.1) is 0 Å². The second-order valence-corrected chi connectivity index (χ2v) is 5.49. The Morgan fingerprint density at radius 1 is 1.29 bits per heavy atom. The summed E-state index contributed by atoms with van der Waals surface area (Å²) in [5.41, 5.74) is 0.986. The number of ether oxygens (including phenoxy) is 1. The second kappa shape index (κ2) is 7.81. The number of carbonyl (C=O) groups is 2. The van der Waals surface area contributed by atoms with Crippen LogP contribution in [0.5, 0.6) is 0 Å². The molecule has 1 aromatic rings. The maximum absolute atomic E-state index is 12.1. The first kappa shape index (κ1) is 15.5. The molecule has 1 saturated heterocycles. The summed E-state index contributed by atoms with van der Waals surface area (Å²) in [6.45, 7) is 3.54. The third kappa shape index (κ3) is 4.59. The lowest BCUT2D eigenvalue weighted by atomic mass is 9.92. The van der Waals surface area contributed by atoms with Gasteiger partial charge in [-0.3, -0.25) is 4.79 Å². The van der Waals surface area contributed by atoms with Crippen LogP contribution >= 0.6 is 0 Å². The Hall–Kier alpha value is -1.84. The van der Waals surface area contributed by atoms with Crippen LogP contribution in [0, 0.1) is 5.92 Å². The minimum absolute atomic E-state index is 0.0923. The number of rotatable bonds is 3.